The van der Waals surface area contributed by atoms with Crippen LogP contribution in [0.5, 0.6) is 11.5 Å². The van der Waals surface area contributed by atoms with Gasteiger partial charge in [0, 0.05) is 13.0 Å². The molecule has 1 atom stereocenters. The summed E-state index contributed by atoms with van der Waals surface area (Å²) in [5.41, 5.74) is 1.15. The molecular weight excluding hydrogens is 286 g/mol. The van der Waals surface area contributed by atoms with Gasteiger partial charge in [0.15, 0.2) is 11.5 Å². The minimum absolute atomic E-state index is 0.645. The van der Waals surface area contributed by atoms with Crippen molar-refractivity contribution in [3.63, 3.8) is 0 Å². The summed E-state index contributed by atoms with van der Waals surface area (Å²) in [5, 5.41) is 4.18. The number of hydrogen-bond donors (Lipinski definition) is 1. The predicted molar refractivity (Wildman–Crippen MR) is 85.2 cm³/mol. The number of allylic oxidation sites excluding steroid dienone is 2. The van der Waals surface area contributed by atoms with Gasteiger partial charge in [0.25, 0.3) is 0 Å². The van der Waals surface area contributed by atoms with Crippen molar-refractivity contribution >= 4 is 11.6 Å². The van der Waals surface area contributed by atoms with E-state index in [4.69, 9.17) is 21.1 Å². The van der Waals surface area contributed by atoms with Gasteiger partial charge in [-0.3, -0.25) is 0 Å². The Morgan fingerprint density at radius 2 is 2.10 bits per heavy atom. The third-order valence-electron chi connectivity index (χ3n) is 4.00. The van der Waals surface area contributed by atoms with Gasteiger partial charge in [-0.05, 0) is 49.4 Å². The number of ether oxygens (including phenoxy) is 2. The molecule has 0 radical (unpaired) electrons. The molecule has 0 amide bonds. The number of nitrogens with one attached hydrogen (secondary N) is 1. The molecule has 1 aromatic rings. The van der Waals surface area contributed by atoms with Crippen LogP contribution in [0.15, 0.2) is 24.3 Å². The SMILES string of the molecule is Clc1cc(CNCC2CC=CCC2)cc2c1OCCCO2. The fraction of sp³-hybridized carbons (Fsp3) is 0.529. The van der Waals surface area contributed by atoms with Gasteiger partial charge in [0.2, 0.25) is 0 Å². The normalized spacial score (nSPS) is 21.1. The highest BCUT2D eigenvalue weighted by atomic mass is 35.5. The highest BCUT2D eigenvalue weighted by Crippen LogP contribution is 2.37. The summed E-state index contributed by atoms with van der Waals surface area (Å²) >= 11 is 6.31. The fourth-order valence-corrected chi connectivity index (χ4v) is 3.14. The lowest BCUT2D eigenvalue weighted by Crippen LogP contribution is -2.23. The van der Waals surface area contributed by atoms with Crippen LogP contribution in [0.25, 0.3) is 0 Å². The zero-order valence-electron chi connectivity index (χ0n) is 12.2. The smallest absolute Gasteiger partial charge is 0.179 e. The molecule has 0 spiro atoms. The third-order valence-corrected chi connectivity index (χ3v) is 4.28. The molecule has 0 fully saturated rings. The van der Waals surface area contributed by atoms with E-state index < -0.39 is 0 Å². The Bertz CT molecular complexity index is 516. The first kappa shape index (κ1) is 14.7. The number of halogens is 1. The maximum Gasteiger partial charge on any atom is 0.179 e. The van der Waals surface area contributed by atoms with E-state index in [1.807, 2.05) is 12.1 Å². The van der Waals surface area contributed by atoms with Crippen LogP contribution < -0.4 is 14.8 Å². The average molecular weight is 308 g/mol. The van der Waals surface area contributed by atoms with Crippen molar-refractivity contribution in [2.45, 2.75) is 32.2 Å². The molecule has 1 aliphatic heterocycles. The van der Waals surface area contributed by atoms with Crippen LogP contribution in [-0.2, 0) is 6.54 Å². The first-order chi connectivity index (χ1) is 10.3. The predicted octanol–water partition coefficient (Wildman–Crippen LogP) is 3.95. The Morgan fingerprint density at radius 3 is 2.95 bits per heavy atom. The molecule has 1 N–H and O–H groups in total. The minimum Gasteiger partial charge on any atom is -0.489 e. The molecule has 114 valence electrons. The number of fused-ring (bicyclic) bond motifs is 1. The topological polar surface area (TPSA) is 30.5 Å². The number of rotatable bonds is 4. The van der Waals surface area contributed by atoms with Gasteiger partial charge in [-0.25, -0.2) is 0 Å². The van der Waals surface area contributed by atoms with E-state index in [0.717, 1.165) is 36.7 Å². The van der Waals surface area contributed by atoms with Gasteiger partial charge in [-0.2, -0.15) is 0 Å². The van der Waals surface area contributed by atoms with Crippen molar-refractivity contribution in [2.75, 3.05) is 19.8 Å². The molecule has 0 aromatic heterocycles. The largest absolute Gasteiger partial charge is 0.489 e. The van der Waals surface area contributed by atoms with Crippen LogP contribution in [0.1, 0.15) is 31.2 Å². The summed E-state index contributed by atoms with van der Waals surface area (Å²) in [7, 11) is 0. The second kappa shape index (κ2) is 7.19. The standard InChI is InChI=1S/C17H22ClNO2/c18-15-9-14(10-16-17(15)21-8-4-7-20-16)12-19-11-13-5-2-1-3-6-13/h1-2,9-10,13,19H,3-8,11-12H2. The molecule has 1 aromatic carbocycles. The van der Waals surface area contributed by atoms with Crippen molar-refractivity contribution in [1.29, 1.82) is 0 Å². The van der Waals surface area contributed by atoms with Gasteiger partial charge in [0.1, 0.15) is 0 Å². The Balaban J connectivity index is 1.59. The van der Waals surface area contributed by atoms with Crippen LogP contribution in [0, 0.1) is 5.92 Å². The lowest BCUT2D eigenvalue weighted by atomic mass is 9.94. The van der Waals surface area contributed by atoms with E-state index in [1.165, 1.54) is 19.3 Å². The van der Waals surface area contributed by atoms with Crippen molar-refractivity contribution in [1.82, 2.24) is 5.32 Å². The van der Waals surface area contributed by atoms with Crippen LogP contribution in [-0.4, -0.2) is 19.8 Å². The zero-order valence-corrected chi connectivity index (χ0v) is 13.0. The maximum absolute atomic E-state index is 6.31. The van der Waals surface area contributed by atoms with Crippen LogP contribution in [0.3, 0.4) is 0 Å². The summed E-state index contributed by atoms with van der Waals surface area (Å²) in [4.78, 5) is 0. The van der Waals surface area contributed by atoms with Gasteiger partial charge < -0.3 is 14.8 Å². The first-order valence-electron chi connectivity index (χ1n) is 7.76. The van der Waals surface area contributed by atoms with E-state index in [-0.39, 0.29) is 0 Å². The van der Waals surface area contributed by atoms with E-state index in [0.29, 0.717) is 24.0 Å². The summed E-state index contributed by atoms with van der Waals surface area (Å²) in [6, 6.07) is 4.02. The van der Waals surface area contributed by atoms with Crippen molar-refractivity contribution in [2.24, 2.45) is 5.92 Å². The van der Waals surface area contributed by atoms with E-state index in [1.54, 1.807) is 0 Å². The summed E-state index contributed by atoms with van der Waals surface area (Å²) < 4.78 is 11.4. The first-order valence-corrected chi connectivity index (χ1v) is 8.14. The molecular formula is C17H22ClNO2. The quantitative estimate of drug-likeness (QED) is 0.855. The third kappa shape index (κ3) is 3.92. The maximum atomic E-state index is 6.31. The monoisotopic (exact) mass is 307 g/mol. The van der Waals surface area contributed by atoms with E-state index in [2.05, 4.69) is 17.5 Å². The Morgan fingerprint density at radius 1 is 1.19 bits per heavy atom. The molecule has 3 nitrogen and oxygen atoms in total. The highest BCUT2D eigenvalue weighted by Gasteiger charge is 2.16. The molecule has 4 heteroatoms. The lowest BCUT2D eigenvalue weighted by Gasteiger charge is -2.18. The molecule has 1 unspecified atom stereocenters. The molecule has 21 heavy (non-hydrogen) atoms. The summed E-state index contributed by atoms with van der Waals surface area (Å²) in [6.45, 7) is 3.22. The molecule has 1 heterocycles. The Labute approximate surface area is 131 Å². The molecule has 0 bridgehead atoms. The average Bonchev–Trinajstić information content (AvgIpc) is 2.74. The second-order valence-corrected chi connectivity index (χ2v) is 6.14. The molecule has 1 aliphatic carbocycles. The van der Waals surface area contributed by atoms with E-state index >= 15 is 0 Å². The molecule has 3 rings (SSSR count). The van der Waals surface area contributed by atoms with Crippen LogP contribution in [0.4, 0.5) is 0 Å². The molecule has 0 saturated carbocycles. The van der Waals surface area contributed by atoms with Crippen molar-refractivity contribution < 1.29 is 9.47 Å². The lowest BCUT2D eigenvalue weighted by molar-refractivity contribution is 0.297. The van der Waals surface area contributed by atoms with Gasteiger partial charge >= 0.3 is 0 Å². The minimum atomic E-state index is 0.645. The highest BCUT2D eigenvalue weighted by molar-refractivity contribution is 6.32. The van der Waals surface area contributed by atoms with Crippen LogP contribution in [0.2, 0.25) is 5.02 Å². The van der Waals surface area contributed by atoms with E-state index in [9.17, 15) is 0 Å². The van der Waals surface area contributed by atoms with Gasteiger partial charge in [0.05, 0.1) is 18.2 Å². The summed E-state index contributed by atoms with van der Waals surface area (Å²) in [6.07, 6.45) is 9.15. The second-order valence-electron chi connectivity index (χ2n) is 5.74. The fourth-order valence-electron chi connectivity index (χ4n) is 2.85. The van der Waals surface area contributed by atoms with Gasteiger partial charge in [-0.1, -0.05) is 23.8 Å². The van der Waals surface area contributed by atoms with Crippen LogP contribution >= 0.6 is 11.6 Å². The Kier molecular flexibility index (Phi) is 5.04. The summed E-state index contributed by atoms with van der Waals surface area (Å²) in [5.74, 6) is 2.22. The Hall–Kier alpha value is -1.19. The molecule has 0 saturated heterocycles. The van der Waals surface area contributed by atoms with Crippen molar-refractivity contribution in [3.8, 4) is 11.5 Å². The van der Waals surface area contributed by atoms with Crippen molar-refractivity contribution in [3.05, 3.63) is 34.9 Å². The number of hydrogen-bond acceptors (Lipinski definition) is 3. The molecule has 2 aliphatic rings. The van der Waals surface area contributed by atoms with Gasteiger partial charge in [-0.15, -0.1) is 0 Å². The zero-order chi connectivity index (χ0) is 14.5. The number of benzene rings is 1.